The maximum Gasteiger partial charge on any atom is 0.337 e. The van der Waals surface area contributed by atoms with Crippen molar-refractivity contribution in [2.75, 3.05) is 5.73 Å². The molecule has 1 aromatic rings. The summed E-state index contributed by atoms with van der Waals surface area (Å²) in [7, 11) is 0. The number of nitrogen functional groups attached to an aromatic ring is 1. The standard InChI is InChI=1S/C12H15NO3/c1-7-5-9(16-8-3-2-4-8)6-10(11(7)13)12(14)15/h5-6,8H,2-4,13H2,1H3,(H,14,15). The van der Waals surface area contributed by atoms with Crippen molar-refractivity contribution in [2.45, 2.75) is 32.3 Å². The normalized spacial score (nSPS) is 15.6. The second kappa shape index (κ2) is 4.04. The maximum atomic E-state index is 11.0. The monoisotopic (exact) mass is 221 g/mol. The third kappa shape index (κ3) is 1.96. The van der Waals surface area contributed by atoms with Gasteiger partial charge in [-0.05, 0) is 43.9 Å². The Hall–Kier alpha value is -1.71. The van der Waals surface area contributed by atoms with Gasteiger partial charge >= 0.3 is 5.97 Å². The predicted octanol–water partition coefficient (Wildman–Crippen LogP) is 2.21. The lowest BCUT2D eigenvalue weighted by Crippen LogP contribution is -2.24. The molecule has 0 radical (unpaired) electrons. The lowest BCUT2D eigenvalue weighted by molar-refractivity contribution is 0.0696. The molecule has 1 aliphatic carbocycles. The van der Waals surface area contributed by atoms with Gasteiger partial charge in [-0.1, -0.05) is 0 Å². The fourth-order valence-electron chi connectivity index (χ4n) is 1.69. The molecule has 0 aliphatic heterocycles. The van der Waals surface area contributed by atoms with Crippen LogP contribution in [0.2, 0.25) is 0 Å². The summed E-state index contributed by atoms with van der Waals surface area (Å²) < 4.78 is 5.66. The molecule has 1 saturated carbocycles. The van der Waals surface area contributed by atoms with Gasteiger partial charge in [0.1, 0.15) is 5.75 Å². The predicted molar refractivity (Wildman–Crippen MR) is 60.8 cm³/mol. The minimum Gasteiger partial charge on any atom is -0.490 e. The van der Waals surface area contributed by atoms with E-state index in [1.54, 1.807) is 13.0 Å². The van der Waals surface area contributed by atoms with Crippen molar-refractivity contribution in [3.05, 3.63) is 23.3 Å². The van der Waals surface area contributed by atoms with E-state index in [1.807, 2.05) is 0 Å². The highest BCUT2D eigenvalue weighted by molar-refractivity contribution is 5.95. The van der Waals surface area contributed by atoms with Gasteiger partial charge in [-0.15, -0.1) is 0 Å². The average molecular weight is 221 g/mol. The highest BCUT2D eigenvalue weighted by Gasteiger charge is 2.20. The largest absolute Gasteiger partial charge is 0.490 e. The number of anilines is 1. The molecule has 0 unspecified atom stereocenters. The van der Waals surface area contributed by atoms with Gasteiger partial charge in [-0.25, -0.2) is 4.79 Å². The highest BCUT2D eigenvalue weighted by Crippen LogP contribution is 2.29. The van der Waals surface area contributed by atoms with Crippen LogP contribution >= 0.6 is 0 Å². The van der Waals surface area contributed by atoms with Crippen molar-refractivity contribution < 1.29 is 14.6 Å². The summed E-state index contributed by atoms with van der Waals surface area (Å²) in [6.07, 6.45) is 3.52. The summed E-state index contributed by atoms with van der Waals surface area (Å²) in [5.74, 6) is -0.409. The van der Waals surface area contributed by atoms with Crippen molar-refractivity contribution in [3.8, 4) is 5.75 Å². The van der Waals surface area contributed by atoms with Crippen LogP contribution in [0.5, 0.6) is 5.75 Å². The first-order valence-electron chi connectivity index (χ1n) is 5.38. The molecule has 0 heterocycles. The number of hydrogen-bond acceptors (Lipinski definition) is 3. The summed E-state index contributed by atoms with van der Waals surface area (Å²) in [4.78, 5) is 11.0. The minimum atomic E-state index is -1.01. The molecule has 86 valence electrons. The Labute approximate surface area is 94.0 Å². The van der Waals surface area contributed by atoms with E-state index in [4.69, 9.17) is 15.6 Å². The fourth-order valence-corrected chi connectivity index (χ4v) is 1.69. The Morgan fingerprint density at radius 2 is 2.19 bits per heavy atom. The van der Waals surface area contributed by atoms with E-state index < -0.39 is 5.97 Å². The van der Waals surface area contributed by atoms with E-state index in [2.05, 4.69) is 0 Å². The summed E-state index contributed by atoms with van der Waals surface area (Å²) >= 11 is 0. The topological polar surface area (TPSA) is 72.5 Å². The number of carbonyl (C=O) groups is 1. The number of aryl methyl sites for hydroxylation is 1. The van der Waals surface area contributed by atoms with Crippen molar-refractivity contribution in [3.63, 3.8) is 0 Å². The zero-order chi connectivity index (χ0) is 11.7. The Balaban J connectivity index is 2.28. The van der Waals surface area contributed by atoms with Crippen molar-refractivity contribution in [1.82, 2.24) is 0 Å². The number of hydrogen-bond donors (Lipinski definition) is 2. The second-order valence-corrected chi connectivity index (χ2v) is 4.18. The Morgan fingerprint density at radius 3 is 2.69 bits per heavy atom. The lowest BCUT2D eigenvalue weighted by atomic mass is 9.96. The van der Waals surface area contributed by atoms with E-state index in [9.17, 15) is 4.79 Å². The first kappa shape index (κ1) is 10.8. The summed E-state index contributed by atoms with van der Waals surface area (Å²) in [6, 6.07) is 3.29. The smallest absolute Gasteiger partial charge is 0.337 e. The van der Waals surface area contributed by atoms with Gasteiger partial charge in [-0.2, -0.15) is 0 Å². The number of carboxylic acid groups (broad SMARTS) is 1. The summed E-state index contributed by atoms with van der Waals surface area (Å²) in [6.45, 7) is 1.79. The lowest BCUT2D eigenvalue weighted by Gasteiger charge is -2.26. The van der Waals surface area contributed by atoms with E-state index >= 15 is 0 Å². The van der Waals surface area contributed by atoms with Crippen molar-refractivity contribution in [1.29, 1.82) is 0 Å². The molecule has 0 aromatic heterocycles. The molecule has 0 bridgehead atoms. The highest BCUT2D eigenvalue weighted by atomic mass is 16.5. The molecular formula is C12H15NO3. The maximum absolute atomic E-state index is 11.0. The molecule has 0 amide bonds. The van der Waals surface area contributed by atoms with Gasteiger partial charge in [0.25, 0.3) is 0 Å². The number of benzene rings is 1. The fraction of sp³-hybridized carbons (Fsp3) is 0.417. The molecule has 4 nitrogen and oxygen atoms in total. The molecule has 1 aliphatic rings. The van der Waals surface area contributed by atoms with Gasteiger partial charge in [-0.3, -0.25) is 0 Å². The zero-order valence-electron chi connectivity index (χ0n) is 9.19. The van der Waals surface area contributed by atoms with E-state index in [0.717, 1.165) is 18.4 Å². The van der Waals surface area contributed by atoms with E-state index in [0.29, 0.717) is 11.4 Å². The number of rotatable bonds is 3. The van der Waals surface area contributed by atoms with Crippen molar-refractivity contribution in [2.24, 2.45) is 0 Å². The average Bonchev–Trinajstić information content (AvgIpc) is 2.16. The molecule has 1 aromatic carbocycles. The summed E-state index contributed by atoms with van der Waals surface area (Å²) in [5, 5.41) is 8.98. The van der Waals surface area contributed by atoms with Crippen LogP contribution in [0.25, 0.3) is 0 Å². The van der Waals surface area contributed by atoms with Crippen LogP contribution in [0.15, 0.2) is 12.1 Å². The van der Waals surface area contributed by atoms with Crippen molar-refractivity contribution >= 4 is 11.7 Å². The number of ether oxygens (including phenoxy) is 1. The second-order valence-electron chi connectivity index (χ2n) is 4.18. The third-order valence-electron chi connectivity index (χ3n) is 2.95. The summed E-state index contributed by atoms with van der Waals surface area (Å²) in [5.41, 5.74) is 6.87. The number of aromatic carboxylic acids is 1. The molecule has 4 heteroatoms. The van der Waals surface area contributed by atoms with Crippen LogP contribution in [0.4, 0.5) is 5.69 Å². The molecule has 1 fully saturated rings. The molecule has 2 rings (SSSR count). The number of carboxylic acids is 1. The molecule has 0 atom stereocenters. The van der Waals surface area contributed by atoms with Gasteiger partial charge in [0.05, 0.1) is 11.7 Å². The quantitative estimate of drug-likeness (QED) is 0.767. The van der Waals surface area contributed by atoms with Crippen LogP contribution < -0.4 is 10.5 Å². The van der Waals surface area contributed by atoms with E-state index in [-0.39, 0.29) is 11.7 Å². The van der Waals surface area contributed by atoms with Crippen LogP contribution in [0, 0.1) is 6.92 Å². The van der Waals surface area contributed by atoms with Gasteiger partial charge in [0.2, 0.25) is 0 Å². The Morgan fingerprint density at radius 1 is 1.50 bits per heavy atom. The zero-order valence-corrected chi connectivity index (χ0v) is 9.19. The SMILES string of the molecule is Cc1cc(OC2CCC2)cc(C(=O)O)c1N. The van der Waals surface area contributed by atoms with Crippen LogP contribution in [-0.2, 0) is 0 Å². The Bertz CT molecular complexity index is 425. The number of nitrogens with two attached hydrogens (primary N) is 1. The van der Waals surface area contributed by atoms with E-state index in [1.165, 1.54) is 12.5 Å². The van der Waals surface area contributed by atoms with Crippen LogP contribution in [0.1, 0.15) is 35.2 Å². The Kier molecular flexibility index (Phi) is 2.73. The minimum absolute atomic E-state index is 0.120. The van der Waals surface area contributed by atoms with Gasteiger partial charge < -0.3 is 15.6 Å². The molecule has 16 heavy (non-hydrogen) atoms. The third-order valence-corrected chi connectivity index (χ3v) is 2.95. The molecule has 0 saturated heterocycles. The van der Waals surface area contributed by atoms with Gasteiger partial charge in [0, 0.05) is 5.69 Å². The molecular weight excluding hydrogens is 206 g/mol. The first-order chi connectivity index (χ1) is 7.58. The molecule has 3 N–H and O–H groups in total. The van der Waals surface area contributed by atoms with Gasteiger partial charge in [0.15, 0.2) is 0 Å². The first-order valence-corrected chi connectivity index (χ1v) is 5.38. The van der Waals surface area contributed by atoms with Crippen LogP contribution in [0.3, 0.4) is 0 Å². The van der Waals surface area contributed by atoms with Crippen LogP contribution in [-0.4, -0.2) is 17.2 Å². The molecule has 0 spiro atoms.